The van der Waals surface area contributed by atoms with Crippen LogP contribution in [-0.2, 0) is 6.42 Å². The molecule has 0 bridgehead atoms. The van der Waals surface area contributed by atoms with Crippen LogP contribution in [0.1, 0.15) is 11.4 Å². The van der Waals surface area contributed by atoms with Crippen molar-refractivity contribution in [2.75, 3.05) is 12.3 Å². The Morgan fingerprint density at radius 3 is 2.95 bits per heavy atom. The third-order valence-corrected chi connectivity index (χ3v) is 2.61. The molecule has 0 saturated heterocycles. The normalized spacial score (nSPS) is 9.89. The number of benzene rings is 1. The topological polar surface area (TPSA) is 84.8 Å². The van der Waals surface area contributed by atoms with E-state index in [2.05, 4.69) is 9.97 Å². The highest BCUT2D eigenvalue weighted by atomic mass is 35.5. The van der Waals surface area contributed by atoms with E-state index >= 15 is 0 Å². The Hall–Kier alpha value is -2.32. The summed E-state index contributed by atoms with van der Waals surface area (Å²) in [6.45, 7) is 0.408. The van der Waals surface area contributed by atoms with Crippen molar-refractivity contribution in [1.82, 2.24) is 9.97 Å². The summed E-state index contributed by atoms with van der Waals surface area (Å²) in [4.78, 5) is 8.07. The van der Waals surface area contributed by atoms with Crippen molar-refractivity contribution >= 4 is 17.4 Å². The quantitative estimate of drug-likeness (QED) is 0.924. The SMILES string of the molecule is N#Cc1cnc(CCOc2cccc(Cl)c2)nc1N. The van der Waals surface area contributed by atoms with Crippen molar-refractivity contribution in [3.8, 4) is 11.8 Å². The number of nitrogens with two attached hydrogens (primary N) is 1. The zero-order chi connectivity index (χ0) is 13.7. The largest absolute Gasteiger partial charge is 0.493 e. The van der Waals surface area contributed by atoms with Gasteiger partial charge in [-0.25, -0.2) is 9.97 Å². The third kappa shape index (κ3) is 3.57. The first-order valence-electron chi connectivity index (χ1n) is 5.59. The molecule has 0 amide bonds. The maximum atomic E-state index is 8.71. The van der Waals surface area contributed by atoms with E-state index in [0.29, 0.717) is 29.6 Å². The molecule has 2 N–H and O–H groups in total. The van der Waals surface area contributed by atoms with Crippen LogP contribution in [0.25, 0.3) is 0 Å². The van der Waals surface area contributed by atoms with Crippen LogP contribution in [0.3, 0.4) is 0 Å². The average molecular weight is 275 g/mol. The fraction of sp³-hybridized carbons (Fsp3) is 0.154. The van der Waals surface area contributed by atoms with E-state index in [9.17, 15) is 0 Å². The Morgan fingerprint density at radius 2 is 2.26 bits per heavy atom. The Labute approximate surface area is 115 Å². The summed E-state index contributed by atoms with van der Waals surface area (Å²) < 4.78 is 5.52. The number of aromatic nitrogens is 2. The fourth-order valence-electron chi connectivity index (χ4n) is 1.46. The van der Waals surface area contributed by atoms with E-state index in [4.69, 9.17) is 27.3 Å². The fourth-order valence-corrected chi connectivity index (χ4v) is 1.64. The molecule has 2 rings (SSSR count). The number of halogens is 1. The van der Waals surface area contributed by atoms with E-state index in [1.165, 1.54) is 6.20 Å². The van der Waals surface area contributed by atoms with Crippen LogP contribution >= 0.6 is 11.6 Å². The van der Waals surface area contributed by atoms with Gasteiger partial charge >= 0.3 is 0 Å². The molecule has 0 saturated carbocycles. The lowest BCUT2D eigenvalue weighted by Gasteiger charge is -2.06. The molecule has 19 heavy (non-hydrogen) atoms. The Bertz CT molecular complexity index is 624. The molecule has 1 aromatic heterocycles. The predicted octanol–water partition coefficient (Wildman–Crippen LogP) is 2.21. The van der Waals surface area contributed by atoms with Crippen molar-refractivity contribution in [2.45, 2.75) is 6.42 Å². The molecule has 0 aliphatic carbocycles. The molecule has 0 unspecified atom stereocenters. The molecule has 0 spiro atoms. The minimum atomic E-state index is 0.190. The number of nitrogen functional groups attached to an aromatic ring is 1. The second-order valence-corrected chi connectivity index (χ2v) is 4.19. The van der Waals surface area contributed by atoms with Crippen molar-refractivity contribution in [2.24, 2.45) is 0 Å². The highest BCUT2D eigenvalue weighted by Crippen LogP contribution is 2.17. The number of nitriles is 1. The molecule has 1 aromatic carbocycles. The van der Waals surface area contributed by atoms with Crippen molar-refractivity contribution < 1.29 is 4.74 Å². The highest BCUT2D eigenvalue weighted by Gasteiger charge is 2.04. The van der Waals surface area contributed by atoms with Crippen LogP contribution in [0, 0.1) is 11.3 Å². The molecule has 6 heteroatoms. The number of hydrogen-bond acceptors (Lipinski definition) is 5. The minimum absolute atomic E-state index is 0.190. The van der Waals surface area contributed by atoms with Crippen LogP contribution in [-0.4, -0.2) is 16.6 Å². The van der Waals surface area contributed by atoms with E-state index in [-0.39, 0.29) is 11.4 Å². The number of hydrogen-bond donors (Lipinski definition) is 1. The number of rotatable bonds is 4. The van der Waals surface area contributed by atoms with Gasteiger partial charge in [-0.05, 0) is 18.2 Å². The Balaban J connectivity index is 1.93. The van der Waals surface area contributed by atoms with Gasteiger partial charge in [0, 0.05) is 11.4 Å². The number of nitrogens with zero attached hydrogens (tertiary/aromatic N) is 3. The minimum Gasteiger partial charge on any atom is -0.493 e. The molecule has 0 atom stereocenters. The second-order valence-electron chi connectivity index (χ2n) is 3.75. The highest BCUT2D eigenvalue weighted by molar-refractivity contribution is 6.30. The first kappa shape index (κ1) is 13.1. The molecule has 5 nitrogen and oxygen atoms in total. The number of ether oxygens (including phenoxy) is 1. The molecule has 0 radical (unpaired) electrons. The van der Waals surface area contributed by atoms with Gasteiger partial charge in [-0.15, -0.1) is 0 Å². The zero-order valence-corrected chi connectivity index (χ0v) is 10.8. The van der Waals surface area contributed by atoms with Gasteiger partial charge in [-0.3, -0.25) is 0 Å². The predicted molar refractivity (Wildman–Crippen MR) is 71.8 cm³/mol. The van der Waals surface area contributed by atoms with Crippen LogP contribution in [0.5, 0.6) is 5.75 Å². The van der Waals surface area contributed by atoms with Gasteiger partial charge in [0.1, 0.15) is 29.0 Å². The van der Waals surface area contributed by atoms with Crippen molar-refractivity contribution in [3.63, 3.8) is 0 Å². The van der Waals surface area contributed by atoms with Gasteiger partial charge < -0.3 is 10.5 Å². The number of anilines is 1. The molecule has 0 fully saturated rings. The first-order valence-corrected chi connectivity index (χ1v) is 5.96. The van der Waals surface area contributed by atoms with Gasteiger partial charge in [0.05, 0.1) is 12.8 Å². The molecule has 0 aliphatic heterocycles. The summed E-state index contributed by atoms with van der Waals surface area (Å²) in [5.74, 6) is 1.42. The van der Waals surface area contributed by atoms with Gasteiger partial charge in [0.25, 0.3) is 0 Å². The first-order chi connectivity index (χ1) is 9.19. The summed E-state index contributed by atoms with van der Waals surface area (Å²) >= 11 is 5.84. The van der Waals surface area contributed by atoms with E-state index in [1.54, 1.807) is 12.1 Å². The van der Waals surface area contributed by atoms with Gasteiger partial charge in [-0.2, -0.15) is 5.26 Å². The van der Waals surface area contributed by atoms with Crippen molar-refractivity contribution in [1.29, 1.82) is 5.26 Å². The molecule has 96 valence electrons. The van der Waals surface area contributed by atoms with Gasteiger partial charge in [0.15, 0.2) is 0 Å². The Kier molecular flexibility index (Phi) is 4.16. The van der Waals surface area contributed by atoms with E-state index in [1.807, 2.05) is 18.2 Å². The monoisotopic (exact) mass is 274 g/mol. The van der Waals surface area contributed by atoms with Gasteiger partial charge in [0.2, 0.25) is 0 Å². The lowest BCUT2D eigenvalue weighted by atomic mass is 10.3. The van der Waals surface area contributed by atoms with Crippen molar-refractivity contribution in [3.05, 3.63) is 46.9 Å². The summed E-state index contributed by atoms with van der Waals surface area (Å²) in [6.07, 6.45) is 1.92. The second kappa shape index (κ2) is 6.03. The molecular formula is C13H11ClN4O. The van der Waals surface area contributed by atoms with E-state index < -0.39 is 0 Å². The van der Waals surface area contributed by atoms with Crippen LogP contribution in [0.4, 0.5) is 5.82 Å². The smallest absolute Gasteiger partial charge is 0.145 e. The molecule has 2 aromatic rings. The van der Waals surface area contributed by atoms with Crippen LogP contribution in [0.2, 0.25) is 5.02 Å². The standard InChI is InChI=1S/C13H11ClN4O/c14-10-2-1-3-11(6-10)19-5-4-12-17-8-9(7-15)13(16)18-12/h1-3,6,8H,4-5H2,(H2,16,17,18). The summed E-state index contributed by atoms with van der Waals surface area (Å²) in [5, 5.41) is 9.33. The molecule has 0 aliphatic rings. The van der Waals surface area contributed by atoms with Gasteiger partial charge in [-0.1, -0.05) is 17.7 Å². The summed E-state index contributed by atoms with van der Waals surface area (Å²) in [7, 11) is 0. The Morgan fingerprint density at radius 1 is 1.42 bits per heavy atom. The summed E-state index contributed by atoms with van der Waals surface area (Å²) in [5.41, 5.74) is 5.88. The zero-order valence-electron chi connectivity index (χ0n) is 10.0. The maximum absolute atomic E-state index is 8.71. The average Bonchev–Trinajstić information content (AvgIpc) is 2.39. The molecular weight excluding hydrogens is 264 g/mol. The maximum Gasteiger partial charge on any atom is 0.145 e. The van der Waals surface area contributed by atoms with Crippen LogP contribution in [0.15, 0.2) is 30.5 Å². The van der Waals surface area contributed by atoms with Crippen LogP contribution < -0.4 is 10.5 Å². The third-order valence-electron chi connectivity index (χ3n) is 2.38. The lowest BCUT2D eigenvalue weighted by Crippen LogP contribution is -2.07. The lowest BCUT2D eigenvalue weighted by molar-refractivity contribution is 0.319. The molecule has 1 heterocycles. The summed E-state index contributed by atoms with van der Waals surface area (Å²) in [6, 6.07) is 9.06. The van der Waals surface area contributed by atoms with E-state index in [0.717, 1.165) is 0 Å².